The van der Waals surface area contributed by atoms with Gasteiger partial charge in [-0.2, -0.15) is 0 Å². The quantitative estimate of drug-likeness (QED) is 0.313. The van der Waals surface area contributed by atoms with E-state index in [1.54, 1.807) is 0 Å². The van der Waals surface area contributed by atoms with Crippen molar-refractivity contribution in [2.24, 2.45) is 5.92 Å². The van der Waals surface area contributed by atoms with Gasteiger partial charge in [0.15, 0.2) is 0 Å². The molecule has 0 bridgehead atoms. The smallest absolute Gasteiger partial charge is 0.0688 e. The summed E-state index contributed by atoms with van der Waals surface area (Å²) < 4.78 is 0. The van der Waals surface area contributed by atoms with E-state index >= 15 is 0 Å². The highest BCUT2D eigenvalue weighted by molar-refractivity contribution is 6.39. The van der Waals surface area contributed by atoms with Crippen LogP contribution >= 0.6 is 0 Å². The molecule has 0 aromatic rings. The molecule has 1 heteroatoms. The van der Waals surface area contributed by atoms with Gasteiger partial charge >= 0.3 is 0 Å². The maximum atomic E-state index is 2.76. The molecule has 1 unspecified atom stereocenters. The molecular weight excluding hydrogens is 239 g/mol. The zero-order valence-corrected chi connectivity index (χ0v) is 14.5. The van der Waals surface area contributed by atoms with Gasteiger partial charge in [0, 0.05) is 0 Å². The molecule has 1 aliphatic carbocycles. The van der Waals surface area contributed by atoms with Crippen molar-refractivity contribution in [1.82, 2.24) is 0 Å². The summed E-state index contributed by atoms with van der Waals surface area (Å²) >= 11 is 0. The zero-order valence-electron chi connectivity index (χ0n) is 14.5. The van der Waals surface area contributed by atoms with E-state index < -0.39 is 0 Å². The minimum atomic E-state index is 0.887. The second kappa shape index (κ2) is 11.7. The Kier molecular flexibility index (Phi) is 10.6. The van der Waals surface area contributed by atoms with Crippen molar-refractivity contribution in [3.63, 3.8) is 0 Å². The van der Waals surface area contributed by atoms with Gasteiger partial charge in [-0.05, 0) is 5.92 Å². The van der Waals surface area contributed by atoms with Gasteiger partial charge in [-0.1, -0.05) is 116 Å². The van der Waals surface area contributed by atoms with Crippen molar-refractivity contribution in [2.75, 3.05) is 0 Å². The van der Waals surface area contributed by atoms with E-state index in [9.17, 15) is 0 Å². The van der Waals surface area contributed by atoms with Crippen LogP contribution in [-0.4, -0.2) is 7.28 Å². The minimum absolute atomic E-state index is 0.887. The number of hydrogen-bond acceptors (Lipinski definition) is 0. The standard InChI is InChI=1S/C19H38B/c1-4-18(14-12-8-9-13-17(2)3)20-19-15-10-6-5-7-11-16-19/h17-19H,4-16H2,1-3H3. The van der Waals surface area contributed by atoms with Crippen LogP contribution in [0.5, 0.6) is 0 Å². The van der Waals surface area contributed by atoms with E-state index in [0.29, 0.717) is 0 Å². The molecule has 117 valence electrons. The van der Waals surface area contributed by atoms with Crippen molar-refractivity contribution in [3.05, 3.63) is 0 Å². The summed E-state index contributed by atoms with van der Waals surface area (Å²) in [6.07, 6.45) is 18.9. The van der Waals surface area contributed by atoms with Crippen molar-refractivity contribution in [2.45, 2.75) is 116 Å². The summed E-state index contributed by atoms with van der Waals surface area (Å²) in [5.74, 6) is 2.73. The van der Waals surface area contributed by atoms with Gasteiger partial charge in [0.25, 0.3) is 0 Å². The zero-order chi connectivity index (χ0) is 14.6. The molecule has 1 radical (unpaired) electrons. The SMILES string of the molecule is CCC([B]C1CCCCCCC1)CCCCCC(C)C. The molecule has 1 fully saturated rings. The van der Waals surface area contributed by atoms with Crippen LogP contribution in [0.25, 0.3) is 0 Å². The molecule has 0 nitrogen and oxygen atoms in total. The maximum Gasteiger partial charge on any atom is 0.117 e. The van der Waals surface area contributed by atoms with E-state index in [-0.39, 0.29) is 0 Å². The molecule has 0 aromatic heterocycles. The average molecular weight is 277 g/mol. The fraction of sp³-hybridized carbons (Fsp3) is 1.00. The summed E-state index contributed by atoms with van der Waals surface area (Å²) in [6.45, 7) is 7.08. The number of hydrogen-bond donors (Lipinski definition) is 0. The topological polar surface area (TPSA) is 0 Å². The van der Waals surface area contributed by atoms with Gasteiger partial charge < -0.3 is 0 Å². The summed E-state index contributed by atoms with van der Waals surface area (Å²) in [7, 11) is 2.76. The van der Waals surface area contributed by atoms with Crippen molar-refractivity contribution in [1.29, 1.82) is 0 Å². The van der Waals surface area contributed by atoms with E-state index in [1.165, 1.54) is 83.5 Å². The normalized spacial score (nSPS) is 19.6. The Morgan fingerprint density at radius 1 is 0.850 bits per heavy atom. The lowest BCUT2D eigenvalue weighted by Gasteiger charge is -2.23. The van der Waals surface area contributed by atoms with Crippen molar-refractivity contribution in [3.8, 4) is 0 Å². The van der Waals surface area contributed by atoms with Crippen molar-refractivity contribution >= 4 is 7.28 Å². The van der Waals surface area contributed by atoms with Crippen LogP contribution in [0.1, 0.15) is 104 Å². The van der Waals surface area contributed by atoms with E-state index in [2.05, 4.69) is 28.1 Å². The Morgan fingerprint density at radius 2 is 1.45 bits per heavy atom. The summed E-state index contributed by atoms with van der Waals surface area (Å²) in [5.41, 5.74) is 0. The Morgan fingerprint density at radius 3 is 2.05 bits per heavy atom. The Bertz CT molecular complexity index is 204. The van der Waals surface area contributed by atoms with Gasteiger partial charge in [0.05, 0.1) is 0 Å². The first-order valence-corrected chi connectivity index (χ1v) is 9.57. The van der Waals surface area contributed by atoms with Crippen LogP contribution in [0.2, 0.25) is 11.6 Å². The Labute approximate surface area is 129 Å². The van der Waals surface area contributed by atoms with E-state index in [4.69, 9.17) is 0 Å². The third kappa shape index (κ3) is 9.08. The lowest BCUT2D eigenvalue weighted by Crippen LogP contribution is -2.12. The fourth-order valence-corrected chi connectivity index (χ4v) is 3.64. The lowest BCUT2D eigenvalue weighted by molar-refractivity contribution is 0.491. The lowest BCUT2D eigenvalue weighted by atomic mass is 9.50. The monoisotopic (exact) mass is 277 g/mol. The van der Waals surface area contributed by atoms with Crippen LogP contribution < -0.4 is 0 Å². The highest BCUT2D eigenvalue weighted by Crippen LogP contribution is 2.32. The molecule has 0 aliphatic heterocycles. The predicted molar refractivity (Wildman–Crippen MR) is 93.8 cm³/mol. The Hall–Kier alpha value is 0.0649. The molecule has 0 heterocycles. The van der Waals surface area contributed by atoms with Gasteiger partial charge in [-0.3, -0.25) is 0 Å². The summed E-state index contributed by atoms with van der Waals surface area (Å²) in [5, 5.41) is 0. The van der Waals surface area contributed by atoms with Gasteiger partial charge in [0.2, 0.25) is 0 Å². The molecule has 0 amide bonds. The van der Waals surface area contributed by atoms with Gasteiger partial charge in [-0.15, -0.1) is 0 Å². The molecular formula is C19H38B. The highest BCUT2D eigenvalue weighted by Gasteiger charge is 2.17. The fourth-order valence-electron chi connectivity index (χ4n) is 3.64. The van der Waals surface area contributed by atoms with Crippen LogP contribution in [0, 0.1) is 5.92 Å². The summed E-state index contributed by atoms with van der Waals surface area (Å²) in [4.78, 5) is 0. The second-order valence-electron chi connectivity index (χ2n) is 7.50. The molecule has 1 aliphatic rings. The van der Waals surface area contributed by atoms with E-state index in [0.717, 1.165) is 17.6 Å². The molecule has 0 N–H and O–H groups in total. The molecule has 1 atom stereocenters. The summed E-state index contributed by atoms with van der Waals surface area (Å²) in [6, 6.07) is 0. The molecule has 1 rings (SSSR count). The van der Waals surface area contributed by atoms with Crippen LogP contribution in [0.4, 0.5) is 0 Å². The molecule has 0 spiro atoms. The molecule has 1 saturated carbocycles. The molecule has 20 heavy (non-hydrogen) atoms. The second-order valence-corrected chi connectivity index (χ2v) is 7.50. The Balaban J connectivity index is 2.13. The third-order valence-electron chi connectivity index (χ3n) is 5.07. The van der Waals surface area contributed by atoms with Crippen LogP contribution in [-0.2, 0) is 0 Å². The largest absolute Gasteiger partial charge is 0.117 e. The third-order valence-corrected chi connectivity index (χ3v) is 5.07. The first-order chi connectivity index (χ1) is 9.72. The first-order valence-electron chi connectivity index (χ1n) is 9.57. The number of rotatable bonds is 9. The maximum absolute atomic E-state index is 2.76. The molecule has 0 aromatic carbocycles. The molecule has 0 saturated heterocycles. The minimum Gasteiger partial charge on any atom is -0.0688 e. The highest BCUT2D eigenvalue weighted by atomic mass is 14.1. The average Bonchev–Trinajstić information content (AvgIpc) is 2.39. The van der Waals surface area contributed by atoms with Crippen molar-refractivity contribution < 1.29 is 0 Å². The predicted octanol–water partition coefficient (Wildman–Crippen LogP) is 7.03. The first kappa shape index (κ1) is 18.1. The van der Waals surface area contributed by atoms with Crippen LogP contribution in [0.15, 0.2) is 0 Å². The van der Waals surface area contributed by atoms with Gasteiger partial charge in [0.1, 0.15) is 7.28 Å². The van der Waals surface area contributed by atoms with E-state index in [1.807, 2.05) is 0 Å². The van der Waals surface area contributed by atoms with Gasteiger partial charge in [-0.25, -0.2) is 0 Å². The van der Waals surface area contributed by atoms with Crippen LogP contribution in [0.3, 0.4) is 0 Å². The number of unbranched alkanes of at least 4 members (excludes halogenated alkanes) is 2.